The topological polar surface area (TPSA) is 103 Å². The minimum atomic E-state index is -1.000. The molecule has 0 saturated carbocycles. The molecule has 0 radical (unpaired) electrons. The number of carboxylic acids is 1. The summed E-state index contributed by atoms with van der Waals surface area (Å²) in [5.41, 5.74) is 1.89. The molecule has 1 heterocycles. The van der Waals surface area contributed by atoms with Crippen molar-refractivity contribution in [2.75, 3.05) is 6.61 Å². The van der Waals surface area contributed by atoms with Gasteiger partial charge in [0.2, 0.25) is 0 Å². The lowest BCUT2D eigenvalue weighted by molar-refractivity contribution is 0.0696. The average molecular weight is 615 g/mol. The van der Waals surface area contributed by atoms with Gasteiger partial charge in [-0.05, 0) is 83.4 Å². The summed E-state index contributed by atoms with van der Waals surface area (Å²) in [6.07, 6.45) is 1.55. The van der Waals surface area contributed by atoms with E-state index in [0.717, 1.165) is 4.47 Å². The van der Waals surface area contributed by atoms with E-state index in [4.69, 9.17) is 9.47 Å². The molecular formula is C26H21Br2N3O5. The Morgan fingerprint density at radius 2 is 1.94 bits per heavy atom. The second-order valence-electron chi connectivity index (χ2n) is 7.74. The van der Waals surface area contributed by atoms with Crippen LogP contribution in [0.1, 0.15) is 34.2 Å². The van der Waals surface area contributed by atoms with Gasteiger partial charge in [-0.25, -0.2) is 9.78 Å². The molecule has 4 aromatic rings. The first kappa shape index (κ1) is 25.6. The Bertz CT molecular complexity index is 1550. The Kier molecular flexibility index (Phi) is 7.85. The lowest BCUT2D eigenvalue weighted by Gasteiger charge is -2.15. The molecule has 3 aromatic carbocycles. The normalized spacial score (nSPS) is 11.2. The predicted molar refractivity (Wildman–Crippen MR) is 144 cm³/mol. The minimum Gasteiger partial charge on any atom is -0.490 e. The van der Waals surface area contributed by atoms with E-state index >= 15 is 0 Å². The Balaban J connectivity index is 1.64. The van der Waals surface area contributed by atoms with Gasteiger partial charge in [0.1, 0.15) is 12.4 Å². The molecule has 1 aromatic heterocycles. The number of benzene rings is 3. The molecule has 0 atom stereocenters. The van der Waals surface area contributed by atoms with Crippen molar-refractivity contribution >= 4 is 54.9 Å². The molecule has 184 valence electrons. The Hall–Kier alpha value is -3.50. The van der Waals surface area contributed by atoms with E-state index in [0.29, 0.717) is 50.4 Å². The van der Waals surface area contributed by atoms with Gasteiger partial charge in [-0.2, -0.15) is 9.78 Å². The van der Waals surface area contributed by atoms with Gasteiger partial charge < -0.3 is 14.6 Å². The summed E-state index contributed by atoms with van der Waals surface area (Å²) in [4.78, 5) is 28.7. The van der Waals surface area contributed by atoms with E-state index in [-0.39, 0.29) is 17.7 Å². The molecule has 0 fully saturated rings. The monoisotopic (exact) mass is 613 g/mol. The van der Waals surface area contributed by atoms with E-state index in [2.05, 4.69) is 41.9 Å². The number of aromatic nitrogens is 2. The van der Waals surface area contributed by atoms with Gasteiger partial charge in [-0.3, -0.25) is 4.79 Å². The van der Waals surface area contributed by atoms with Crippen LogP contribution in [0.2, 0.25) is 0 Å². The summed E-state index contributed by atoms with van der Waals surface area (Å²) in [5, 5.41) is 14.0. The molecule has 0 aliphatic heterocycles. The van der Waals surface area contributed by atoms with E-state index in [1.165, 1.54) is 10.7 Å². The Labute approximate surface area is 223 Å². The second kappa shape index (κ2) is 11.0. The highest BCUT2D eigenvalue weighted by molar-refractivity contribution is 9.10. The Morgan fingerprint density at radius 1 is 1.14 bits per heavy atom. The third-order valence-corrected chi connectivity index (χ3v) is 6.26. The van der Waals surface area contributed by atoms with Crippen molar-refractivity contribution in [1.29, 1.82) is 0 Å². The van der Waals surface area contributed by atoms with Gasteiger partial charge in [0, 0.05) is 4.47 Å². The van der Waals surface area contributed by atoms with Gasteiger partial charge >= 0.3 is 5.97 Å². The van der Waals surface area contributed by atoms with Crippen molar-refractivity contribution in [3.63, 3.8) is 0 Å². The lowest BCUT2D eigenvalue weighted by atomic mass is 10.1. The molecule has 0 aliphatic rings. The fraction of sp³-hybridized carbons (Fsp3) is 0.154. The van der Waals surface area contributed by atoms with Crippen molar-refractivity contribution < 1.29 is 19.4 Å². The number of rotatable bonds is 8. The van der Waals surface area contributed by atoms with Gasteiger partial charge in [0.25, 0.3) is 5.56 Å². The lowest BCUT2D eigenvalue weighted by Crippen LogP contribution is -2.20. The van der Waals surface area contributed by atoms with E-state index in [9.17, 15) is 14.7 Å². The Morgan fingerprint density at radius 3 is 2.69 bits per heavy atom. The summed E-state index contributed by atoms with van der Waals surface area (Å²) >= 11 is 6.92. The number of aromatic carboxylic acids is 1. The zero-order valence-corrected chi connectivity index (χ0v) is 22.5. The van der Waals surface area contributed by atoms with E-state index in [1.807, 2.05) is 13.0 Å². The summed E-state index contributed by atoms with van der Waals surface area (Å²) in [7, 11) is 0. The van der Waals surface area contributed by atoms with Crippen LogP contribution in [0.25, 0.3) is 10.9 Å². The minimum absolute atomic E-state index is 0.153. The van der Waals surface area contributed by atoms with Crippen molar-refractivity contribution in [3.05, 3.63) is 96.4 Å². The van der Waals surface area contributed by atoms with Crippen LogP contribution in [-0.4, -0.2) is 33.6 Å². The van der Waals surface area contributed by atoms with Crippen molar-refractivity contribution in [2.24, 2.45) is 5.10 Å². The average Bonchev–Trinajstić information content (AvgIpc) is 2.84. The number of hydrogen-bond acceptors (Lipinski definition) is 6. The van der Waals surface area contributed by atoms with Crippen molar-refractivity contribution in [1.82, 2.24) is 9.66 Å². The molecule has 0 bridgehead atoms. The highest BCUT2D eigenvalue weighted by Crippen LogP contribution is 2.37. The number of aryl methyl sites for hydroxylation is 1. The summed E-state index contributed by atoms with van der Waals surface area (Å²) in [6, 6.07) is 15.4. The molecule has 4 rings (SSSR count). The molecule has 0 saturated heterocycles. The fourth-order valence-corrected chi connectivity index (χ4v) is 4.47. The van der Waals surface area contributed by atoms with Crippen LogP contribution in [0.5, 0.6) is 11.5 Å². The molecule has 0 spiro atoms. The van der Waals surface area contributed by atoms with E-state index < -0.39 is 5.97 Å². The van der Waals surface area contributed by atoms with Crippen LogP contribution in [-0.2, 0) is 6.61 Å². The summed E-state index contributed by atoms with van der Waals surface area (Å²) in [5.74, 6) is 0.409. The molecule has 8 nitrogen and oxygen atoms in total. The van der Waals surface area contributed by atoms with Crippen LogP contribution < -0.4 is 15.0 Å². The van der Waals surface area contributed by atoms with Crippen LogP contribution in [0.15, 0.2) is 73.4 Å². The van der Waals surface area contributed by atoms with Gasteiger partial charge in [-0.1, -0.05) is 28.1 Å². The summed E-state index contributed by atoms with van der Waals surface area (Å²) < 4.78 is 14.4. The maximum atomic E-state index is 13.0. The van der Waals surface area contributed by atoms with Crippen LogP contribution in [0.4, 0.5) is 0 Å². The van der Waals surface area contributed by atoms with E-state index in [1.54, 1.807) is 55.6 Å². The molecule has 0 unspecified atom stereocenters. The zero-order chi connectivity index (χ0) is 25.8. The number of nitrogens with zero attached hydrogens (tertiary/aromatic N) is 3. The maximum absolute atomic E-state index is 13.0. The SMILES string of the molecule is CCOc1cc(C=Nn2c(C)nc3ccc(Br)cc3c2=O)cc(Br)c1OCc1cccc(C(=O)O)c1. The smallest absolute Gasteiger partial charge is 0.335 e. The number of ether oxygens (including phenoxy) is 2. The number of hydrogen-bond donors (Lipinski definition) is 1. The highest BCUT2D eigenvalue weighted by Gasteiger charge is 2.14. The van der Waals surface area contributed by atoms with Crippen LogP contribution in [0, 0.1) is 6.92 Å². The van der Waals surface area contributed by atoms with Crippen LogP contribution in [0.3, 0.4) is 0 Å². The summed E-state index contributed by atoms with van der Waals surface area (Å²) in [6.45, 7) is 4.13. The second-order valence-corrected chi connectivity index (χ2v) is 9.51. The van der Waals surface area contributed by atoms with Gasteiger partial charge in [0.15, 0.2) is 11.5 Å². The molecule has 1 N–H and O–H groups in total. The third kappa shape index (κ3) is 5.66. The van der Waals surface area contributed by atoms with Crippen LogP contribution >= 0.6 is 31.9 Å². The fourth-order valence-electron chi connectivity index (χ4n) is 3.54. The number of halogens is 2. The standard InChI is InChI=1S/C26H21Br2N3O5/c1-3-35-23-11-17(10-21(28)24(23)36-14-16-5-4-6-18(9-16)26(33)34)13-29-31-15(2)30-22-8-7-19(27)12-20(22)25(31)32/h4-13H,3,14H2,1-2H3,(H,33,34). The van der Waals surface area contributed by atoms with Crippen molar-refractivity contribution in [3.8, 4) is 11.5 Å². The van der Waals surface area contributed by atoms with Crippen molar-refractivity contribution in [2.45, 2.75) is 20.5 Å². The number of carbonyl (C=O) groups is 1. The zero-order valence-electron chi connectivity index (χ0n) is 19.4. The molecule has 10 heteroatoms. The van der Waals surface area contributed by atoms with Gasteiger partial charge in [-0.15, -0.1) is 0 Å². The first-order chi connectivity index (χ1) is 17.3. The highest BCUT2D eigenvalue weighted by atomic mass is 79.9. The first-order valence-electron chi connectivity index (χ1n) is 10.9. The maximum Gasteiger partial charge on any atom is 0.335 e. The first-order valence-corrected chi connectivity index (χ1v) is 12.5. The third-order valence-electron chi connectivity index (χ3n) is 5.18. The quantitative estimate of drug-likeness (QED) is 0.252. The molecule has 36 heavy (non-hydrogen) atoms. The molecule has 0 amide bonds. The number of carboxylic acid groups (broad SMARTS) is 1. The molecular weight excluding hydrogens is 594 g/mol. The van der Waals surface area contributed by atoms with Gasteiger partial charge in [0.05, 0.1) is 33.8 Å². The largest absolute Gasteiger partial charge is 0.490 e. The number of fused-ring (bicyclic) bond motifs is 1. The molecule has 0 aliphatic carbocycles. The predicted octanol–water partition coefficient (Wildman–Crippen LogP) is 5.79.